The van der Waals surface area contributed by atoms with Gasteiger partial charge in [0.25, 0.3) is 0 Å². The smallest absolute Gasteiger partial charge is 0.0499 e. The molecule has 0 radical (unpaired) electrons. The summed E-state index contributed by atoms with van der Waals surface area (Å²) in [5, 5.41) is 4.84. The molecule has 20 heavy (non-hydrogen) atoms. The first-order valence-corrected chi connectivity index (χ1v) is 7.70. The largest absolute Gasteiger partial charge is 0.310 e. The summed E-state index contributed by atoms with van der Waals surface area (Å²) in [7, 11) is 0. The fourth-order valence-corrected chi connectivity index (χ4v) is 2.91. The zero-order valence-electron chi connectivity index (χ0n) is 11.8. The van der Waals surface area contributed by atoms with Gasteiger partial charge in [-0.15, -0.1) is 0 Å². The molecule has 1 unspecified atom stereocenters. The van der Waals surface area contributed by atoms with Gasteiger partial charge in [0.1, 0.15) is 0 Å². The van der Waals surface area contributed by atoms with Crippen LogP contribution in [0.5, 0.6) is 0 Å². The number of nitrogens with one attached hydrogen (secondary N) is 1. The van der Waals surface area contributed by atoms with Gasteiger partial charge in [-0.25, -0.2) is 0 Å². The first-order valence-electron chi connectivity index (χ1n) is 6.94. The monoisotopic (exact) mass is 307 g/mol. The van der Waals surface area contributed by atoms with Crippen LogP contribution < -0.4 is 5.32 Å². The van der Waals surface area contributed by atoms with E-state index in [1.807, 2.05) is 12.1 Å². The summed E-state index contributed by atoms with van der Waals surface area (Å²) in [6.07, 6.45) is 1.06. The van der Waals surface area contributed by atoms with Gasteiger partial charge in [-0.3, -0.25) is 0 Å². The minimum absolute atomic E-state index is 0.381. The maximum absolute atomic E-state index is 6.29. The van der Waals surface area contributed by atoms with E-state index in [0.717, 1.165) is 24.1 Å². The van der Waals surface area contributed by atoms with Crippen LogP contribution in [0.2, 0.25) is 10.0 Å². The van der Waals surface area contributed by atoms with Crippen LogP contribution in [0.25, 0.3) is 11.1 Å². The second-order valence-electron chi connectivity index (χ2n) is 4.77. The molecular formula is C17H19Cl2N. The highest BCUT2D eigenvalue weighted by Crippen LogP contribution is 2.32. The first kappa shape index (κ1) is 15.4. The Morgan fingerprint density at radius 2 is 1.85 bits per heavy atom. The lowest BCUT2D eigenvalue weighted by Gasteiger charge is -2.17. The summed E-state index contributed by atoms with van der Waals surface area (Å²) in [5.41, 5.74) is 3.43. The zero-order valence-corrected chi connectivity index (χ0v) is 13.3. The van der Waals surface area contributed by atoms with Crippen molar-refractivity contribution in [3.05, 3.63) is 58.1 Å². The number of rotatable bonds is 5. The molecule has 2 aromatic rings. The maximum Gasteiger partial charge on any atom is 0.0499 e. The number of hydrogen-bond acceptors (Lipinski definition) is 1. The van der Waals surface area contributed by atoms with Crippen LogP contribution in [0.4, 0.5) is 0 Å². The van der Waals surface area contributed by atoms with Crippen LogP contribution in [0, 0.1) is 0 Å². The van der Waals surface area contributed by atoms with Gasteiger partial charge in [0.05, 0.1) is 0 Å². The third-order valence-electron chi connectivity index (χ3n) is 3.39. The Balaban J connectivity index is 2.38. The summed E-state index contributed by atoms with van der Waals surface area (Å²) in [6, 6.07) is 14.5. The molecule has 2 rings (SSSR count). The molecule has 0 saturated heterocycles. The summed E-state index contributed by atoms with van der Waals surface area (Å²) < 4.78 is 0. The molecular weight excluding hydrogens is 289 g/mol. The van der Waals surface area contributed by atoms with Crippen molar-refractivity contribution in [2.45, 2.75) is 26.3 Å². The lowest BCUT2D eigenvalue weighted by atomic mass is 9.98. The summed E-state index contributed by atoms with van der Waals surface area (Å²) in [5.74, 6) is 0. The summed E-state index contributed by atoms with van der Waals surface area (Å²) in [6.45, 7) is 5.28. The van der Waals surface area contributed by atoms with Crippen LogP contribution in [-0.2, 0) is 0 Å². The second kappa shape index (κ2) is 7.12. The highest BCUT2D eigenvalue weighted by molar-refractivity contribution is 6.36. The molecule has 0 aliphatic carbocycles. The molecule has 0 aromatic heterocycles. The van der Waals surface area contributed by atoms with Crippen LogP contribution in [-0.4, -0.2) is 6.54 Å². The van der Waals surface area contributed by atoms with E-state index in [1.54, 1.807) is 6.07 Å². The molecule has 0 aliphatic rings. The van der Waals surface area contributed by atoms with Crippen molar-refractivity contribution >= 4 is 23.2 Å². The van der Waals surface area contributed by atoms with Crippen molar-refractivity contribution < 1.29 is 0 Å². The maximum atomic E-state index is 6.29. The number of benzene rings is 2. The molecule has 0 heterocycles. The highest BCUT2D eigenvalue weighted by Gasteiger charge is 2.10. The molecule has 0 amide bonds. The van der Waals surface area contributed by atoms with Gasteiger partial charge in [0.2, 0.25) is 0 Å². The molecule has 2 aromatic carbocycles. The predicted molar refractivity (Wildman–Crippen MR) is 88.6 cm³/mol. The van der Waals surface area contributed by atoms with Gasteiger partial charge < -0.3 is 5.32 Å². The second-order valence-corrected chi connectivity index (χ2v) is 5.61. The molecule has 0 fully saturated rings. The van der Waals surface area contributed by atoms with Crippen molar-refractivity contribution in [2.24, 2.45) is 0 Å². The molecule has 0 spiro atoms. The van der Waals surface area contributed by atoms with E-state index in [4.69, 9.17) is 23.2 Å². The van der Waals surface area contributed by atoms with Gasteiger partial charge in [-0.1, -0.05) is 61.3 Å². The molecule has 1 N–H and O–H groups in total. The Kier molecular flexibility index (Phi) is 5.47. The van der Waals surface area contributed by atoms with E-state index in [-0.39, 0.29) is 0 Å². The minimum atomic E-state index is 0.381. The van der Waals surface area contributed by atoms with E-state index >= 15 is 0 Å². The van der Waals surface area contributed by atoms with Gasteiger partial charge in [0, 0.05) is 21.7 Å². The van der Waals surface area contributed by atoms with Crippen LogP contribution in [0.3, 0.4) is 0 Å². The van der Waals surface area contributed by atoms with Gasteiger partial charge >= 0.3 is 0 Å². The number of hydrogen-bond donors (Lipinski definition) is 1. The zero-order chi connectivity index (χ0) is 14.5. The van der Waals surface area contributed by atoms with Crippen LogP contribution >= 0.6 is 23.2 Å². The minimum Gasteiger partial charge on any atom is -0.310 e. The third-order valence-corrected chi connectivity index (χ3v) is 3.94. The summed E-state index contributed by atoms with van der Waals surface area (Å²) in [4.78, 5) is 0. The van der Waals surface area contributed by atoms with E-state index in [1.165, 1.54) is 5.56 Å². The highest BCUT2D eigenvalue weighted by atomic mass is 35.5. The van der Waals surface area contributed by atoms with E-state index < -0.39 is 0 Å². The third kappa shape index (κ3) is 3.54. The van der Waals surface area contributed by atoms with Crippen LogP contribution in [0.1, 0.15) is 31.9 Å². The van der Waals surface area contributed by atoms with Gasteiger partial charge in [-0.05, 0) is 42.3 Å². The van der Waals surface area contributed by atoms with Crippen molar-refractivity contribution in [3.8, 4) is 11.1 Å². The molecule has 1 nitrogen and oxygen atoms in total. The SMILES string of the molecule is CCNC(CC)c1cccc(-c2ccc(Cl)cc2Cl)c1. The molecule has 0 aliphatic heterocycles. The number of halogens is 2. The topological polar surface area (TPSA) is 12.0 Å². The molecule has 3 heteroatoms. The van der Waals surface area contributed by atoms with Gasteiger partial charge in [-0.2, -0.15) is 0 Å². The standard InChI is InChI=1S/C17H19Cl2N/c1-3-17(20-4-2)13-7-5-6-12(10-13)15-9-8-14(18)11-16(15)19/h5-11,17,20H,3-4H2,1-2H3. The Bertz CT molecular complexity index is 581. The lowest BCUT2D eigenvalue weighted by molar-refractivity contribution is 0.537. The van der Waals surface area contributed by atoms with Crippen molar-refractivity contribution in [2.75, 3.05) is 6.54 Å². The Morgan fingerprint density at radius 3 is 2.50 bits per heavy atom. The van der Waals surface area contributed by atoms with E-state index in [2.05, 4.69) is 43.4 Å². The Hall–Kier alpha value is -1.02. The van der Waals surface area contributed by atoms with Gasteiger partial charge in [0.15, 0.2) is 0 Å². The fraction of sp³-hybridized carbons (Fsp3) is 0.294. The van der Waals surface area contributed by atoms with Crippen LogP contribution in [0.15, 0.2) is 42.5 Å². The normalized spacial score (nSPS) is 12.4. The Morgan fingerprint density at radius 1 is 1.05 bits per heavy atom. The average Bonchev–Trinajstić information content (AvgIpc) is 2.45. The van der Waals surface area contributed by atoms with E-state index in [9.17, 15) is 0 Å². The Labute approximate surface area is 130 Å². The van der Waals surface area contributed by atoms with Crippen molar-refractivity contribution in [3.63, 3.8) is 0 Å². The quantitative estimate of drug-likeness (QED) is 0.744. The molecule has 0 saturated carbocycles. The summed E-state index contributed by atoms with van der Waals surface area (Å²) >= 11 is 12.2. The first-order chi connectivity index (χ1) is 9.65. The van der Waals surface area contributed by atoms with E-state index in [0.29, 0.717) is 16.1 Å². The average molecular weight is 308 g/mol. The fourth-order valence-electron chi connectivity index (χ4n) is 2.39. The molecule has 1 atom stereocenters. The lowest BCUT2D eigenvalue weighted by Crippen LogP contribution is -2.19. The molecule has 106 valence electrons. The van der Waals surface area contributed by atoms with Crippen molar-refractivity contribution in [1.82, 2.24) is 5.32 Å². The molecule has 0 bridgehead atoms. The van der Waals surface area contributed by atoms with Crippen molar-refractivity contribution in [1.29, 1.82) is 0 Å². The predicted octanol–water partition coefficient (Wildman–Crippen LogP) is 5.72.